The fraction of sp³-hybridized carbons (Fsp3) is 0.282. The summed E-state index contributed by atoms with van der Waals surface area (Å²) in [7, 11) is 6.17. The van der Waals surface area contributed by atoms with Gasteiger partial charge in [-0.3, -0.25) is 4.90 Å². The van der Waals surface area contributed by atoms with Gasteiger partial charge in [-0.1, -0.05) is 80.6 Å². The zero-order valence-electron chi connectivity index (χ0n) is 27.0. The number of carbonyl (C=O) groups is 1. The molecule has 0 atom stereocenters. The maximum atomic E-state index is 13.6. The molecule has 0 bridgehead atoms. The lowest BCUT2D eigenvalue weighted by Gasteiger charge is -2.24. The van der Waals surface area contributed by atoms with Gasteiger partial charge in [-0.15, -0.1) is 0 Å². The first kappa shape index (κ1) is 29.4. The van der Waals surface area contributed by atoms with Crippen molar-refractivity contribution in [1.82, 2.24) is 4.90 Å². The lowest BCUT2D eigenvalue weighted by atomic mass is 9.81. The Balaban J connectivity index is 1.39. The van der Waals surface area contributed by atoms with Gasteiger partial charge < -0.3 is 10.2 Å². The molecule has 2 aliphatic heterocycles. The Morgan fingerprint density at radius 3 is 2.20 bits per heavy atom. The molecule has 0 saturated heterocycles. The van der Waals surface area contributed by atoms with E-state index in [2.05, 4.69) is 129 Å². The molecule has 0 saturated carbocycles. The van der Waals surface area contributed by atoms with Crippen molar-refractivity contribution < 1.29 is 9.37 Å². The molecule has 1 aliphatic carbocycles. The van der Waals surface area contributed by atoms with Gasteiger partial charge in [-0.2, -0.15) is 4.58 Å². The van der Waals surface area contributed by atoms with Crippen LogP contribution in [0.1, 0.15) is 51.7 Å². The standard InChI is InChI=1S/C39H42N4O/c1-38(2)30-17-11-13-19-32(30)41(5)34(38)25-23-27-21-22-28(36(27)43(7)37(44)40-29-15-9-8-10-16-29)24-26-35-39(3,4)31-18-12-14-20-33(31)42(35)6/h8-20,23-26H,21-22H2,1-7H3/p+1. The van der Waals surface area contributed by atoms with Crippen LogP contribution < -0.4 is 10.2 Å². The third-order valence-electron chi connectivity index (χ3n) is 9.70. The van der Waals surface area contributed by atoms with E-state index < -0.39 is 0 Å². The van der Waals surface area contributed by atoms with Gasteiger partial charge in [0.15, 0.2) is 5.71 Å². The fourth-order valence-corrected chi connectivity index (χ4v) is 7.26. The second-order valence-electron chi connectivity index (χ2n) is 13.1. The van der Waals surface area contributed by atoms with Crippen LogP contribution in [0.2, 0.25) is 0 Å². The highest BCUT2D eigenvalue weighted by Gasteiger charge is 2.43. The summed E-state index contributed by atoms with van der Waals surface area (Å²) in [6.07, 6.45) is 10.7. The van der Waals surface area contributed by atoms with Crippen LogP contribution in [-0.4, -0.2) is 42.4 Å². The third-order valence-corrected chi connectivity index (χ3v) is 9.70. The SMILES string of the molecule is CN(C(=O)Nc1ccccc1)C1=C(C=CC2=[N+](C)c3ccccc3C2(C)C)CCC1=CC=C1N(C)c2ccccc2C1(C)C. The van der Waals surface area contributed by atoms with Crippen LogP contribution in [0.3, 0.4) is 0 Å². The molecule has 6 rings (SSSR count). The normalized spacial score (nSPS) is 20.2. The quantitative estimate of drug-likeness (QED) is 0.305. The fourth-order valence-electron chi connectivity index (χ4n) is 7.26. The zero-order chi connectivity index (χ0) is 31.2. The lowest BCUT2D eigenvalue weighted by Crippen LogP contribution is -2.31. The Hall–Kier alpha value is -4.64. The number of hydrogen-bond donors (Lipinski definition) is 1. The molecule has 44 heavy (non-hydrogen) atoms. The number of anilines is 2. The molecule has 224 valence electrons. The molecule has 1 N–H and O–H groups in total. The second kappa shape index (κ2) is 11.1. The molecule has 0 fully saturated rings. The predicted molar refractivity (Wildman–Crippen MR) is 183 cm³/mol. The van der Waals surface area contributed by atoms with Crippen molar-refractivity contribution in [2.45, 2.75) is 51.4 Å². The molecule has 2 heterocycles. The minimum Gasteiger partial charge on any atom is -0.347 e. The van der Waals surface area contributed by atoms with Crippen molar-refractivity contribution >= 4 is 28.8 Å². The van der Waals surface area contributed by atoms with Gasteiger partial charge in [0, 0.05) is 54.3 Å². The molecule has 2 amide bonds. The number of fused-ring (bicyclic) bond motifs is 2. The number of amides is 2. The number of benzene rings is 3. The van der Waals surface area contributed by atoms with E-state index in [0.29, 0.717) is 0 Å². The van der Waals surface area contributed by atoms with Crippen LogP contribution in [0.4, 0.5) is 21.9 Å². The molecule has 3 aliphatic rings. The number of nitrogens with zero attached hydrogens (tertiary/aromatic N) is 3. The molecule has 3 aromatic rings. The van der Waals surface area contributed by atoms with E-state index in [9.17, 15) is 4.79 Å². The Labute approximate surface area is 262 Å². The van der Waals surface area contributed by atoms with E-state index in [1.807, 2.05) is 37.4 Å². The van der Waals surface area contributed by atoms with Crippen LogP contribution in [0.25, 0.3) is 0 Å². The minimum atomic E-state index is -0.151. The average molecular weight is 584 g/mol. The summed E-state index contributed by atoms with van der Waals surface area (Å²) in [4.78, 5) is 17.7. The van der Waals surface area contributed by atoms with Crippen molar-refractivity contribution in [2.24, 2.45) is 0 Å². The van der Waals surface area contributed by atoms with E-state index in [-0.39, 0.29) is 16.9 Å². The van der Waals surface area contributed by atoms with Gasteiger partial charge in [-0.25, -0.2) is 4.79 Å². The van der Waals surface area contributed by atoms with Gasteiger partial charge in [0.2, 0.25) is 5.69 Å². The Bertz CT molecular complexity index is 1790. The third kappa shape index (κ3) is 4.90. The first-order chi connectivity index (χ1) is 21.0. The smallest absolute Gasteiger partial charge is 0.326 e. The Kier molecular flexibility index (Phi) is 7.44. The van der Waals surface area contributed by atoms with E-state index in [1.54, 1.807) is 4.90 Å². The minimum absolute atomic E-state index is 0.117. The number of urea groups is 1. The highest BCUT2D eigenvalue weighted by Crippen LogP contribution is 2.47. The van der Waals surface area contributed by atoms with E-state index >= 15 is 0 Å². The van der Waals surface area contributed by atoms with Gasteiger partial charge in [0.1, 0.15) is 7.05 Å². The Morgan fingerprint density at radius 1 is 0.841 bits per heavy atom. The summed E-state index contributed by atoms with van der Waals surface area (Å²) in [6, 6.07) is 26.8. The summed E-state index contributed by atoms with van der Waals surface area (Å²) >= 11 is 0. The molecular weight excluding hydrogens is 540 g/mol. The summed E-state index contributed by atoms with van der Waals surface area (Å²) in [5.74, 6) is 0. The van der Waals surface area contributed by atoms with Gasteiger partial charge in [0.05, 0.1) is 11.1 Å². The second-order valence-corrected chi connectivity index (χ2v) is 13.1. The molecule has 0 aromatic heterocycles. The molecular formula is C39H43N4O+. The monoisotopic (exact) mass is 583 g/mol. The first-order valence-electron chi connectivity index (χ1n) is 15.5. The number of carbonyl (C=O) groups excluding carboxylic acids is 1. The van der Waals surface area contributed by atoms with Gasteiger partial charge in [-0.05, 0) is 67.7 Å². The Morgan fingerprint density at radius 2 is 1.50 bits per heavy atom. The topological polar surface area (TPSA) is 38.6 Å². The van der Waals surface area contributed by atoms with Crippen molar-refractivity contribution in [3.63, 3.8) is 0 Å². The zero-order valence-corrected chi connectivity index (χ0v) is 27.0. The lowest BCUT2D eigenvalue weighted by molar-refractivity contribution is -0.401. The maximum absolute atomic E-state index is 13.6. The number of para-hydroxylation sites is 3. The summed E-state index contributed by atoms with van der Waals surface area (Å²) in [5, 5.41) is 3.08. The molecule has 5 heteroatoms. The van der Waals surface area contributed by atoms with E-state index in [0.717, 1.165) is 35.4 Å². The van der Waals surface area contributed by atoms with Crippen LogP contribution in [0, 0.1) is 0 Å². The molecule has 5 nitrogen and oxygen atoms in total. The van der Waals surface area contributed by atoms with Crippen molar-refractivity contribution in [1.29, 1.82) is 0 Å². The molecule has 0 radical (unpaired) electrons. The van der Waals surface area contributed by atoms with Gasteiger partial charge in [0.25, 0.3) is 0 Å². The van der Waals surface area contributed by atoms with Crippen LogP contribution in [0.15, 0.2) is 126 Å². The van der Waals surface area contributed by atoms with Crippen LogP contribution in [0.5, 0.6) is 0 Å². The summed E-state index contributed by atoms with van der Waals surface area (Å²) < 4.78 is 2.30. The number of hydrogen-bond acceptors (Lipinski definition) is 2. The van der Waals surface area contributed by atoms with Gasteiger partial charge >= 0.3 is 6.03 Å². The van der Waals surface area contributed by atoms with Crippen molar-refractivity contribution in [2.75, 3.05) is 31.4 Å². The predicted octanol–water partition coefficient (Wildman–Crippen LogP) is 8.70. The average Bonchev–Trinajstić information content (AvgIpc) is 3.57. The summed E-state index contributed by atoms with van der Waals surface area (Å²) in [6.45, 7) is 9.14. The molecule has 0 spiro atoms. The number of allylic oxidation sites excluding steroid dienone is 7. The first-order valence-corrected chi connectivity index (χ1v) is 15.5. The van der Waals surface area contributed by atoms with Crippen molar-refractivity contribution in [3.05, 3.63) is 137 Å². The van der Waals surface area contributed by atoms with E-state index in [1.165, 1.54) is 33.9 Å². The van der Waals surface area contributed by atoms with E-state index in [4.69, 9.17) is 0 Å². The molecule has 0 unspecified atom stereocenters. The maximum Gasteiger partial charge on any atom is 0.326 e. The number of rotatable bonds is 5. The van der Waals surface area contributed by atoms with Crippen LogP contribution in [-0.2, 0) is 10.8 Å². The number of nitrogens with one attached hydrogen (secondary N) is 1. The number of likely N-dealkylation sites (N-methyl/N-ethyl adjacent to an activating group) is 2. The largest absolute Gasteiger partial charge is 0.347 e. The highest BCUT2D eigenvalue weighted by atomic mass is 16.2. The van der Waals surface area contributed by atoms with Crippen molar-refractivity contribution in [3.8, 4) is 0 Å². The highest BCUT2D eigenvalue weighted by molar-refractivity contribution is 6.03. The molecule has 3 aromatic carbocycles. The summed E-state index contributed by atoms with van der Waals surface area (Å²) in [5.41, 5.74) is 11.5. The van der Waals surface area contributed by atoms with Crippen LogP contribution >= 0.6 is 0 Å².